The third kappa shape index (κ3) is 39.8. The van der Waals surface area contributed by atoms with Gasteiger partial charge in [-0.05, 0) is 51.4 Å². The zero-order valence-corrected chi connectivity index (χ0v) is 44.1. The summed E-state index contributed by atoms with van der Waals surface area (Å²) in [5, 5.41) is 40.3. The molecule has 1 aliphatic rings. The van der Waals surface area contributed by atoms with Gasteiger partial charge in [0.25, 0.3) is 0 Å². The summed E-state index contributed by atoms with van der Waals surface area (Å²) >= 11 is 0. The maximum absolute atomic E-state index is 12.9. The van der Waals surface area contributed by atoms with Gasteiger partial charge in [0, 0.05) is 13.0 Å². The summed E-state index contributed by atoms with van der Waals surface area (Å²) in [5.41, 5.74) is 0. The first-order valence-electron chi connectivity index (χ1n) is 28.7. The van der Waals surface area contributed by atoms with E-state index < -0.39 is 43.4 Å². The average Bonchev–Trinajstić information content (AvgIpc) is 3.34. The SMILES string of the molecule is CC/C=C\C/C=C\C/C=C\C/C=C\CCCCCCCCCCCOCC(COC1OC(CO)C(O)C(O)C1O)OC(=O)CCCCCCCCCCCCCCCCCCCCCCCCC. The van der Waals surface area contributed by atoms with E-state index in [0.717, 1.165) is 64.2 Å². The Bertz CT molecular complexity index is 1180. The van der Waals surface area contributed by atoms with E-state index in [-0.39, 0.29) is 19.2 Å². The van der Waals surface area contributed by atoms with E-state index >= 15 is 0 Å². The Morgan fingerprint density at radius 2 is 0.897 bits per heavy atom. The van der Waals surface area contributed by atoms with Gasteiger partial charge >= 0.3 is 5.97 Å². The lowest BCUT2D eigenvalue weighted by Crippen LogP contribution is -2.59. The van der Waals surface area contributed by atoms with Crippen LogP contribution in [0.25, 0.3) is 0 Å². The molecule has 0 spiro atoms. The predicted octanol–water partition coefficient (Wildman–Crippen LogP) is 14.8. The van der Waals surface area contributed by atoms with Crippen LogP contribution < -0.4 is 0 Å². The number of aliphatic hydroxyl groups excluding tert-OH is 4. The molecular weight excluding hydrogens is 853 g/mol. The number of hydrogen-bond donors (Lipinski definition) is 4. The minimum atomic E-state index is -1.54. The van der Waals surface area contributed by atoms with Gasteiger partial charge in [0.15, 0.2) is 6.29 Å². The van der Waals surface area contributed by atoms with Gasteiger partial charge in [-0.3, -0.25) is 4.79 Å². The quantitative estimate of drug-likeness (QED) is 0.0267. The Balaban J connectivity index is 2.15. The normalized spacial score (nSPS) is 19.4. The van der Waals surface area contributed by atoms with E-state index in [9.17, 15) is 25.2 Å². The third-order valence-electron chi connectivity index (χ3n) is 13.3. The van der Waals surface area contributed by atoms with Crippen molar-refractivity contribution in [2.75, 3.05) is 26.4 Å². The summed E-state index contributed by atoms with van der Waals surface area (Å²) in [6.07, 6.45) is 57.3. The lowest BCUT2D eigenvalue weighted by atomic mass is 9.99. The summed E-state index contributed by atoms with van der Waals surface area (Å²) in [6, 6.07) is 0. The van der Waals surface area contributed by atoms with Gasteiger partial charge in [0.2, 0.25) is 0 Å². The molecule has 9 heteroatoms. The van der Waals surface area contributed by atoms with E-state index in [1.807, 2.05) is 0 Å². The molecule has 1 saturated heterocycles. The molecular formula is C59H108O9. The minimum absolute atomic E-state index is 0.114. The number of allylic oxidation sites excluding steroid dienone is 8. The van der Waals surface area contributed by atoms with Crippen molar-refractivity contribution in [2.45, 2.75) is 295 Å². The van der Waals surface area contributed by atoms with Crippen molar-refractivity contribution in [1.29, 1.82) is 0 Å². The van der Waals surface area contributed by atoms with Crippen molar-refractivity contribution < 1.29 is 44.2 Å². The highest BCUT2D eigenvalue weighted by Gasteiger charge is 2.44. The molecule has 0 aromatic heterocycles. The molecule has 1 aliphatic heterocycles. The van der Waals surface area contributed by atoms with E-state index in [1.54, 1.807) is 0 Å². The second kappa shape index (κ2) is 50.1. The van der Waals surface area contributed by atoms with Crippen LogP contribution in [0.3, 0.4) is 0 Å². The Kier molecular flexibility index (Phi) is 47.3. The molecule has 398 valence electrons. The van der Waals surface area contributed by atoms with Crippen LogP contribution in [-0.2, 0) is 23.7 Å². The zero-order valence-electron chi connectivity index (χ0n) is 44.1. The Labute approximate surface area is 418 Å². The molecule has 0 aromatic carbocycles. The van der Waals surface area contributed by atoms with Crippen LogP contribution in [0, 0.1) is 0 Å². The van der Waals surface area contributed by atoms with Gasteiger partial charge in [0.05, 0.1) is 19.8 Å². The molecule has 9 nitrogen and oxygen atoms in total. The van der Waals surface area contributed by atoms with Gasteiger partial charge in [0.1, 0.15) is 30.5 Å². The lowest BCUT2D eigenvalue weighted by molar-refractivity contribution is -0.305. The largest absolute Gasteiger partial charge is 0.457 e. The summed E-state index contributed by atoms with van der Waals surface area (Å²) in [4.78, 5) is 12.9. The fourth-order valence-corrected chi connectivity index (χ4v) is 8.84. The highest BCUT2D eigenvalue weighted by atomic mass is 16.7. The molecule has 0 aromatic rings. The number of rotatable bonds is 50. The Hall–Kier alpha value is -1.85. The van der Waals surface area contributed by atoms with E-state index in [0.29, 0.717) is 13.0 Å². The molecule has 4 N–H and O–H groups in total. The number of hydrogen-bond acceptors (Lipinski definition) is 9. The summed E-state index contributed by atoms with van der Waals surface area (Å²) in [7, 11) is 0. The first-order valence-corrected chi connectivity index (χ1v) is 28.7. The maximum Gasteiger partial charge on any atom is 0.306 e. The molecule has 68 heavy (non-hydrogen) atoms. The standard InChI is InChI=1S/C59H108O9/c1-3-5-7-9-11-13-15-17-19-21-23-25-27-28-30-32-34-36-38-40-42-44-46-48-55(61)67-53(52-66-59-58(64)57(63)56(62)54(50-60)68-59)51-65-49-47-45-43-41-39-37-35-33-31-29-26-24-22-20-18-16-14-12-10-8-6-4-2/h6,8,12,14,18,20,24,26,53-54,56-60,62-64H,3-5,7,9-11,13,15-17,19,21-23,25,27-52H2,1-2H3/b8-6-,14-12-,20-18-,26-24-. The third-order valence-corrected chi connectivity index (χ3v) is 13.3. The van der Waals surface area contributed by atoms with Crippen molar-refractivity contribution in [2.24, 2.45) is 0 Å². The number of esters is 1. The van der Waals surface area contributed by atoms with Gasteiger partial charge < -0.3 is 39.4 Å². The highest BCUT2D eigenvalue weighted by molar-refractivity contribution is 5.69. The Morgan fingerprint density at radius 3 is 1.35 bits per heavy atom. The number of carbonyl (C=O) groups is 1. The van der Waals surface area contributed by atoms with Crippen molar-refractivity contribution in [3.05, 3.63) is 48.6 Å². The number of aliphatic hydroxyl groups is 4. The summed E-state index contributed by atoms with van der Waals surface area (Å²) in [6.45, 7) is 4.48. The first kappa shape index (κ1) is 64.2. The van der Waals surface area contributed by atoms with Crippen molar-refractivity contribution in [3.63, 3.8) is 0 Å². The van der Waals surface area contributed by atoms with Crippen molar-refractivity contribution in [3.8, 4) is 0 Å². The van der Waals surface area contributed by atoms with Gasteiger partial charge in [-0.1, -0.05) is 249 Å². The molecule has 0 amide bonds. The molecule has 0 bridgehead atoms. The van der Waals surface area contributed by atoms with Gasteiger partial charge in [-0.25, -0.2) is 0 Å². The predicted molar refractivity (Wildman–Crippen MR) is 284 cm³/mol. The van der Waals surface area contributed by atoms with Crippen molar-refractivity contribution >= 4 is 5.97 Å². The van der Waals surface area contributed by atoms with Gasteiger partial charge in [-0.2, -0.15) is 0 Å². The topological polar surface area (TPSA) is 135 Å². The summed E-state index contributed by atoms with van der Waals surface area (Å²) in [5.74, 6) is -0.311. The zero-order chi connectivity index (χ0) is 49.2. The molecule has 0 radical (unpaired) electrons. The van der Waals surface area contributed by atoms with E-state index in [1.165, 1.54) is 173 Å². The first-order chi connectivity index (χ1) is 33.4. The fraction of sp³-hybridized carbons (Fsp3) is 0.847. The Morgan fingerprint density at radius 1 is 0.485 bits per heavy atom. The van der Waals surface area contributed by atoms with Gasteiger partial charge in [-0.15, -0.1) is 0 Å². The fourth-order valence-electron chi connectivity index (χ4n) is 8.84. The number of carbonyl (C=O) groups excluding carboxylic acids is 1. The van der Waals surface area contributed by atoms with Crippen molar-refractivity contribution in [1.82, 2.24) is 0 Å². The molecule has 6 atom stereocenters. The van der Waals surface area contributed by atoms with Crippen LogP contribution in [0.4, 0.5) is 0 Å². The van der Waals surface area contributed by atoms with E-state index in [4.69, 9.17) is 18.9 Å². The monoisotopic (exact) mass is 961 g/mol. The van der Waals surface area contributed by atoms with Crippen LogP contribution in [0.5, 0.6) is 0 Å². The maximum atomic E-state index is 12.9. The second-order valence-electron chi connectivity index (χ2n) is 19.7. The molecule has 0 saturated carbocycles. The average molecular weight is 962 g/mol. The molecule has 6 unspecified atom stereocenters. The van der Waals surface area contributed by atoms with Crippen LogP contribution >= 0.6 is 0 Å². The molecule has 0 aliphatic carbocycles. The van der Waals surface area contributed by atoms with Crippen LogP contribution in [0.2, 0.25) is 0 Å². The highest BCUT2D eigenvalue weighted by Crippen LogP contribution is 2.23. The molecule has 1 fully saturated rings. The van der Waals surface area contributed by atoms with Crippen LogP contribution in [0.15, 0.2) is 48.6 Å². The number of ether oxygens (including phenoxy) is 4. The van der Waals surface area contributed by atoms with Crippen LogP contribution in [-0.4, -0.2) is 89.6 Å². The molecule has 1 rings (SSSR count). The summed E-state index contributed by atoms with van der Waals surface area (Å²) < 4.78 is 23.0. The minimum Gasteiger partial charge on any atom is -0.457 e. The smallest absolute Gasteiger partial charge is 0.306 e. The molecule has 1 heterocycles. The second-order valence-corrected chi connectivity index (χ2v) is 19.7. The van der Waals surface area contributed by atoms with Crippen LogP contribution in [0.1, 0.15) is 258 Å². The lowest BCUT2D eigenvalue weighted by Gasteiger charge is -2.39. The number of unbranched alkanes of at least 4 members (excludes halogenated alkanes) is 31. The van der Waals surface area contributed by atoms with E-state index in [2.05, 4.69) is 62.5 Å².